The van der Waals surface area contributed by atoms with Gasteiger partial charge < -0.3 is 10.6 Å². The van der Waals surface area contributed by atoms with Gasteiger partial charge in [0.05, 0.1) is 6.54 Å². The third-order valence-electron chi connectivity index (χ3n) is 2.99. The molecule has 6 heteroatoms. The Kier molecular flexibility index (Phi) is 5.11. The van der Waals surface area contributed by atoms with Crippen LogP contribution in [0.15, 0.2) is 41.7 Å². The van der Waals surface area contributed by atoms with Crippen molar-refractivity contribution in [2.24, 2.45) is 12.0 Å². The molecule has 20 heavy (non-hydrogen) atoms. The van der Waals surface area contributed by atoms with Crippen LogP contribution in [0.3, 0.4) is 0 Å². The Labute approximate surface area is 119 Å². The zero-order valence-corrected chi connectivity index (χ0v) is 11.9. The summed E-state index contributed by atoms with van der Waals surface area (Å²) in [5, 5.41) is 10.5. The Morgan fingerprint density at radius 3 is 2.70 bits per heavy atom. The molecule has 6 nitrogen and oxygen atoms in total. The molecule has 2 aromatic rings. The molecule has 0 fully saturated rings. The number of aryl methyl sites for hydroxylation is 1. The van der Waals surface area contributed by atoms with Crippen LogP contribution in [0.25, 0.3) is 0 Å². The lowest BCUT2D eigenvalue weighted by Crippen LogP contribution is -2.38. The normalized spacial score (nSPS) is 11.4. The van der Waals surface area contributed by atoms with Gasteiger partial charge in [-0.1, -0.05) is 30.3 Å². The summed E-state index contributed by atoms with van der Waals surface area (Å²) in [7, 11) is 3.63. The molecule has 0 spiro atoms. The van der Waals surface area contributed by atoms with Crippen LogP contribution < -0.4 is 10.6 Å². The van der Waals surface area contributed by atoms with Crippen molar-refractivity contribution in [1.82, 2.24) is 25.4 Å². The summed E-state index contributed by atoms with van der Waals surface area (Å²) in [6, 6.07) is 10.4. The number of guanidine groups is 1. The van der Waals surface area contributed by atoms with Crippen molar-refractivity contribution in [3.05, 3.63) is 48.0 Å². The highest BCUT2D eigenvalue weighted by atomic mass is 15.3. The van der Waals surface area contributed by atoms with Crippen LogP contribution >= 0.6 is 0 Å². The smallest absolute Gasteiger partial charge is 0.191 e. The standard InChI is InChI=1S/C14H20N6/c1-15-14(17-10-13-18-11-19-20(13)2)16-9-8-12-6-4-3-5-7-12/h3-7,11H,8-10H2,1-2H3,(H2,15,16,17). The number of hydrogen-bond donors (Lipinski definition) is 2. The van der Waals surface area contributed by atoms with Crippen molar-refractivity contribution < 1.29 is 0 Å². The molecular formula is C14H20N6. The molecule has 0 bridgehead atoms. The Bertz CT molecular complexity index is 546. The fourth-order valence-electron chi connectivity index (χ4n) is 1.83. The number of aliphatic imine (C=N–C) groups is 1. The van der Waals surface area contributed by atoms with E-state index in [1.165, 1.54) is 5.56 Å². The fourth-order valence-corrected chi connectivity index (χ4v) is 1.83. The Morgan fingerprint density at radius 1 is 1.25 bits per heavy atom. The van der Waals surface area contributed by atoms with E-state index < -0.39 is 0 Å². The molecule has 0 aliphatic carbocycles. The molecule has 1 aromatic heterocycles. The van der Waals surface area contributed by atoms with Gasteiger partial charge in [0.15, 0.2) is 5.96 Å². The second-order valence-electron chi connectivity index (χ2n) is 4.39. The van der Waals surface area contributed by atoms with Crippen LogP contribution in [0.1, 0.15) is 11.4 Å². The molecule has 0 saturated heterocycles. The highest BCUT2D eigenvalue weighted by Gasteiger charge is 2.02. The third kappa shape index (κ3) is 4.08. The van der Waals surface area contributed by atoms with Crippen molar-refractivity contribution in [3.8, 4) is 0 Å². The number of hydrogen-bond acceptors (Lipinski definition) is 3. The van der Waals surface area contributed by atoms with E-state index in [1.54, 1.807) is 18.1 Å². The fraction of sp³-hybridized carbons (Fsp3) is 0.357. The molecular weight excluding hydrogens is 252 g/mol. The van der Waals surface area contributed by atoms with Crippen LogP contribution in [-0.4, -0.2) is 34.3 Å². The van der Waals surface area contributed by atoms with Gasteiger partial charge in [0, 0.05) is 20.6 Å². The monoisotopic (exact) mass is 272 g/mol. The van der Waals surface area contributed by atoms with E-state index in [-0.39, 0.29) is 0 Å². The number of benzene rings is 1. The zero-order valence-electron chi connectivity index (χ0n) is 11.9. The van der Waals surface area contributed by atoms with Gasteiger partial charge in [-0.05, 0) is 12.0 Å². The largest absolute Gasteiger partial charge is 0.356 e. The first kappa shape index (κ1) is 14.0. The highest BCUT2D eigenvalue weighted by Crippen LogP contribution is 1.98. The lowest BCUT2D eigenvalue weighted by molar-refractivity contribution is 0.672. The summed E-state index contributed by atoms with van der Waals surface area (Å²) in [6.07, 6.45) is 2.51. The van der Waals surface area contributed by atoms with Gasteiger partial charge in [-0.3, -0.25) is 9.67 Å². The van der Waals surface area contributed by atoms with E-state index in [1.807, 2.05) is 13.1 Å². The van der Waals surface area contributed by atoms with Crippen LogP contribution in [0.4, 0.5) is 0 Å². The van der Waals surface area contributed by atoms with Gasteiger partial charge in [-0.15, -0.1) is 0 Å². The van der Waals surface area contributed by atoms with Crippen LogP contribution in [0.5, 0.6) is 0 Å². The SMILES string of the molecule is CN=C(NCCc1ccccc1)NCc1ncnn1C. The van der Waals surface area contributed by atoms with E-state index in [0.717, 1.165) is 24.7 Å². The molecule has 1 aromatic carbocycles. The summed E-state index contributed by atoms with van der Waals surface area (Å²) in [5.74, 6) is 1.64. The maximum absolute atomic E-state index is 4.19. The second-order valence-corrected chi connectivity index (χ2v) is 4.39. The first-order valence-corrected chi connectivity index (χ1v) is 6.61. The molecule has 0 amide bonds. The Morgan fingerprint density at radius 2 is 2.05 bits per heavy atom. The molecule has 0 radical (unpaired) electrons. The second kappa shape index (κ2) is 7.28. The zero-order chi connectivity index (χ0) is 14.2. The van der Waals surface area contributed by atoms with Crippen molar-refractivity contribution in [2.75, 3.05) is 13.6 Å². The first-order valence-electron chi connectivity index (χ1n) is 6.61. The van der Waals surface area contributed by atoms with E-state index in [0.29, 0.717) is 6.54 Å². The molecule has 2 rings (SSSR count). The van der Waals surface area contributed by atoms with Crippen molar-refractivity contribution >= 4 is 5.96 Å². The van der Waals surface area contributed by atoms with E-state index in [2.05, 4.69) is 50.0 Å². The quantitative estimate of drug-likeness (QED) is 0.622. The molecule has 1 heterocycles. The van der Waals surface area contributed by atoms with Crippen LogP contribution in [0, 0.1) is 0 Å². The molecule has 0 unspecified atom stereocenters. The Balaban J connectivity index is 1.74. The number of rotatable bonds is 5. The number of nitrogens with zero attached hydrogens (tertiary/aromatic N) is 4. The number of nitrogens with one attached hydrogen (secondary N) is 2. The lowest BCUT2D eigenvalue weighted by atomic mass is 10.1. The molecule has 0 saturated carbocycles. The van der Waals surface area contributed by atoms with Gasteiger partial charge >= 0.3 is 0 Å². The van der Waals surface area contributed by atoms with Crippen LogP contribution in [0.2, 0.25) is 0 Å². The van der Waals surface area contributed by atoms with Crippen molar-refractivity contribution in [1.29, 1.82) is 0 Å². The van der Waals surface area contributed by atoms with E-state index >= 15 is 0 Å². The minimum absolute atomic E-state index is 0.599. The minimum atomic E-state index is 0.599. The average molecular weight is 272 g/mol. The summed E-state index contributed by atoms with van der Waals surface area (Å²) < 4.78 is 1.74. The molecule has 106 valence electrons. The third-order valence-corrected chi connectivity index (χ3v) is 2.99. The number of aromatic nitrogens is 3. The molecule has 2 N–H and O–H groups in total. The maximum atomic E-state index is 4.19. The summed E-state index contributed by atoms with van der Waals surface area (Å²) in [4.78, 5) is 8.34. The summed E-state index contributed by atoms with van der Waals surface area (Å²) in [6.45, 7) is 1.43. The maximum Gasteiger partial charge on any atom is 0.191 e. The summed E-state index contributed by atoms with van der Waals surface area (Å²) in [5.41, 5.74) is 1.31. The lowest BCUT2D eigenvalue weighted by Gasteiger charge is -2.11. The van der Waals surface area contributed by atoms with Gasteiger partial charge in [-0.2, -0.15) is 5.10 Å². The topological polar surface area (TPSA) is 67.1 Å². The predicted molar refractivity (Wildman–Crippen MR) is 79.4 cm³/mol. The molecule has 0 atom stereocenters. The van der Waals surface area contributed by atoms with Crippen molar-refractivity contribution in [2.45, 2.75) is 13.0 Å². The molecule has 0 aliphatic heterocycles. The molecule has 0 aliphatic rings. The van der Waals surface area contributed by atoms with Gasteiger partial charge in [-0.25, -0.2) is 4.98 Å². The highest BCUT2D eigenvalue weighted by molar-refractivity contribution is 5.79. The predicted octanol–water partition coefficient (Wildman–Crippen LogP) is 0.723. The van der Waals surface area contributed by atoms with Crippen molar-refractivity contribution in [3.63, 3.8) is 0 Å². The summed E-state index contributed by atoms with van der Waals surface area (Å²) >= 11 is 0. The van der Waals surface area contributed by atoms with Gasteiger partial charge in [0.1, 0.15) is 12.2 Å². The van der Waals surface area contributed by atoms with Gasteiger partial charge in [0.25, 0.3) is 0 Å². The van der Waals surface area contributed by atoms with E-state index in [9.17, 15) is 0 Å². The van der Waals surface area contributed by atoms with E-state index in [4.69, 9.17) is 0 Å². The minimum Gasteiger partial charge on any atom is -0.356 e. The average Bonchev–Trinajstić information content (AvgIpc) is 2.89. The van der Waals surface area contributed by atoms with Crippen LogP contribution in [-0.2, 0) is 20.0 Å². The Hall–Kier alpha value is -2.37. The first-order chi connectivity index (χ1) is 9.79. The van der Waals surface area contributed by atoms with Gasteiger partial charge in [0.2, 0.25) is 0 Å².